The lowest BCUT2D eigenvalue weighted by atomic mass is 10.1. The molecule has 0 bridgehead atoms. The van der Waals surface area contributed by atoms with Gasteiger partial charge >= 0.3 is 0 Å². The first-order valence-electron chi connectivity index (χ1n) is 8.19. The average Bonchev–Trinajstić information content (AvgIpc) is 2.87. The zero-order valence-electron chi connectivity index (χ0n) is 12.9. The molecule has 0 fully saturated rings. The van der Waals surface area contributed by atoms with Crippen molar-refractivity contribution in [3.8, 4) is 0 Å². The van der Waals surface area contributed by atoms with Crippen molar-refractivity contribution < 1.29 is 0 Å². The fourth-order valence-corrected chi connectivity index (χ4v) is 2.55. The Labute approximate surface area is 119 Å². The van der Waals surface area contributed by atoms with Crippen molar-refractivity contribution in [3.05, 3.63) is 24.0 Å². The monoisotopic (exact) mass is 264 g/mol. The Bertz CT molecular complexity index is 317. The molecule has 0 saturated heterocycles. The third-order valence-corrected chi connectivity index (χ3v) is 3.82. The van der Waals surface area contributed by atoms with Crippen molar-refractivity contribution in [1.82, 2.24) is 4.57 Å². The molecule has 0 amide bonds. The smallest absolute Gasteiger partial charge is 0.0309 e. The van der Waals surface area contributed by atoms with Crippen LogP contribution in [0.5, 0.6) is 0 Å². The number of nitrogens with two attached hydrogens (primary N) is 1. The van der Waals surface area contributed by atoms with Gasteiger partial charge in [0.2, 0.25) is 0 Å². The Kier molecular flexibility index (Phi) is 8.64. The van der Waals surface area contributed by atoms with Gasteiger partial charge in [-0.2, -0.15) is 0 Å². The minimum Gasteiger partial charge on any atom is -0.354 e. The normalized spacial score (nSPS) is 12.8. The van der Waals surface area contributed by atoms with Crippen LogP contribution >= 0.6 is 0 Å². The van der Waals surface area contributed by atoms with E-state index in [1.165, 1.54) is 50.5 Å². The second-order valence-corrected chi connectivity index (χ2v) is 5.70. The molecule has 1 atom stereocenters. The molecule has 1 unspecified atom stereocenters. The first-order valence-corrected chi connectivity index (χ1v) is 8.19. The largest absolute Gasteiger partial charge is 0.354 e. The highest BCUT2D eigenvalue weighted by Gasteiger charge is 2.05. The van der Waals surface area contributed by atoms with Gasteiger partial charge in [-0.1, -0.05) is 58.8 Å². The maximum Gasteiger partial charge on any atom is 0.0309 e. The Morgan fingerprint density at radius 2 is 1.68 bits per heavy atom. The Balaban J connectivity index is 2.13. The van der Waals surface area contributed by atoms with Crippen LogP contribution in [0.25, 0.3) is 0 Å². The van der Waals surface area contributed by atoms with Crippen molar-refractivity contribution in [2.45, 2.75) is 84.2 Å². The summed E-state index contributed by atoms with van der Waals surface area (Å²) >= 11 is 0. The van der Waals surface area contributed by atoms with Crippen molar-refractivity contribution in [1.29, 1.82) is 0 Å². The number of unbranched alkanes of at least 4 members (excludes halogenated alkanes) is 6. The van der Waals surface area contributed by atoms with Gasteiger partial charge < -0.3 is 10.3 Å². The predicted molar refractivity (Wildman–Crippen MR) is 84.3 cm³/mol. The van der Waals surface area contributed by atoms with Gasteiger partial charge in [0, 0.05) is 25.0 Å². The van der Waals surface area contributed by atoms with Crippen LogP contribution in [-0.2, 0) is 6.54 Å². The molecular weight excluding hydrogens is 232 g/mol. The van der Waals surface area contributed by atoms with E-state index in [0.717, 1.165) is 19.4 Å². The molecule has 19 heavy (non-hydrogen) atoms. The van der Waals surface area contributed by atoms with Crippen LogP contribution in [-0.4, -0.2) is 4.57 Å². The molecular formula is C17H32N2. The zero-order chi connectivity index (χ0) is 13.9. The van der Waals surface area contributed by atoms with Crippen molar-refractivity contribution in [3.63, 3.8) is 0 Å². The van der Waals surface area contributed by atoms with Gasteiger partial charge in [0.15, 0.2) is 0 Å². The molecule has 0 aliphatic rings. The van der Waals surface area contributed by atoms with E-state index in [4.69, 9.17) is 5.73 Å². The topological polar surface area (TPSA) is 30.9 Å². The molecule has 0 aliphatic carbocycles. The van der Waals surface area contributed by atoms with Crippen molar-refractivity contribution in [2.75, 3.05) is 0 Å². The zero-order valence-corrected chi connectivity index (χ0v) is 12.9. The highest BCUT2D eigenvalue weighted by molar-refractivity contribution is 5.14. The Hall–Kier alpha value is -0.760. The molecule has 0 radical (unpaired) electrons. The van der Waals surface area contributed by atoms with E-state index in [1.54, 1.807) is 0 Å². The van der Waals surface area contributed by atoms with Crippen molar-refractivity contribution >= 4 is 0 Å². The molecule has 0 saturated carbocycles. The summed E-state index contributed by atoms with van der Waals surface area (Å²) in [6.07, 6.45) is 16.3. The molecule has 1 heterocycles. The molecule has 1 rings (SSSR count). The van der Waals surface area contributed by atoms with Crippen LogP contribution in [0.4, 0.5) is 0 Å². The second-order valence-electron chi connectivity index (χ2n) is 5.70. The van der Waals surface area contributed by atoms with Crippen LogP contribution in [0.15, 0.2) is 18.5 Å². The van der Waals surface area contributed by atoms with Gasteiger partial charge in [0.25, 0.3) is 0 Å². The van der Waals surface area contributed by atoms with Gasteiger partial charge in [-0.05, 0) is 24.5 Å². The molecule has 110 valence electrons. The lowest BCUT2D eigenvalue weighted by molar-refractivity contribution is 0.549. The number of hydrogen-bond acceptors (Lipinski definition) is 1. The van der Waals surface area contributed by atoms with E-state index in [-0.39, 0.29) is 6.04 Å². The summed E-state index contributed by atoms with van der Waals surface area (Å²) in [6.45, 7) is 5.61. The average molecular weight is 264 g/mol. The summed E-state index contributed by atoms with van der Waals surface area (Å²) in [5.74, 6) is 0. The third kappa shape index (κ3) is 6.81. The SMILES string of the molecule is CCCCCCCCCn1ccc(C(N)CCC)c1. The molecule has 0 aliphatic heterocycles. The Morgan fingerprint density at radius 1 is 1.00 bits per heavy atom. The molecule has 1 aromatic rings. The lowest BCUT2D eigenvalue weighted by Gasteiger charge is -2.07. The number of hydrogen-bond donors (Lipinski definition) is 1. The van der Waals surface area contributed by atoms with E-state index in [0.29, 0.717) is 0 Å². The summed E-state index contributed by atoms with van der Waals surface area (Å²) < 4.78 is 2.30. The lowest BCUT2D eigenvalue weighted by Crippen LogP contribution is -2.08. The van der Waals surface area contributed by atoms with Gasteiger partial charge in [-0.3, -0.25) is 0 Å². The second kappa shape index (κ2) is 10.1. The fraction of sp³-hybridized carbons (Fsp3) is 0.765. The molecule has 2 heteroatoms. The minimum absolute atomic E-state index is 0.222. The quantitative estimate of drug-likeness (QED) is 0.558. The third-order valence-electron chi connectivity index (χ3n) is 3.82. The first kappa shape index (κ1) is 16.3. The fourth-order valence-electron chi connectivity index (χ4n) is 2.55. The van der Waals surface area contributed by atoms with E-state index in [2.05, 4.69) is 36.9 Å². The van der Waals surface area contributed by atoms with E-state index >= 15 is 0 Å². The standard InChI is InChI=1S/C17H32N2/c1-3-5-6-7-8-9-10-13-19-14-12-16(15-19)17(18)11-4-2/h12,14-15,17H,3-11,13,18H2,1-2H3. The van der Waals surface area contributed by atoms with Crippen LogP contribution in [0, 0.1) is 0 Å². The number of aromatic nitrogens is 1. The molecule has 0 spiro atoms. The van der Waals surface area contributed by atoms with Crippen LogP contribution in [0.3, 0.4) is 0 Å². The minimum atomic E-state index is 0.222. The Morgan fingerprint density at radius 3 is 2.37 bits per heavy atom. The van der Waals surface area contributed by atoms with E-state index < -0.39 is 0 Å². The summed E-state index contributed by atoms with van der Waals surface area (Å²) in [5, 5.41) is 0. The van der Waals surface area contributed by atoms with Crippen LogP contribution in [0.2, 0.25) is 0 Å². The van der Waals surface area contributed by atoms with Crippen LogP contribution < -0.4 is 5.73 Å². The highest BCUT2D eigenvalue weighted by atomic mass is 14.9. The summed E-state index contributed by atoms with van der Waals surface area (Å²) in [4.78, 5) is 0. The molecule has 2 N–H and O–H groups in total. The number of rotatable bonds is 11. The summed E-state index contributed by atoms with van der Waals surface area (Å²) in [6, 6.07) is 2.40. The number of aryl methyl sites for hydroxylation is 1. The van der Waals surface area contributed by atoms with Crippen molar-refractivity contribution in [2.24, 2.45) is 5.73 Å². The van der Waals surface area contributed by atoms with Gasteiger partial charge in [-0.25, -0.2) is 0 Å². The first-order chi connectivity index (χ1) is 9.27. The highest BCUT2D eigenvalue weighted by Crippen LogP contribution is 2.16. The maximum atomic E-state index is 6.13. The van der Waals surface area contributed by atoms with Gasteiger partial charge in [0.05, 0.1) is 0 Å². The van der Waals surface area contributed by atoms with E-state index in [9.17, 15) is 0 Å². The predicted octanol–water partition coefficient (Wildman–Crippen LogP) is 5.04. The summed E-state index contributed by atoms with van der Waals surface area (Å²) in [7, 11) is 0. The van der Waals surface area contributed by atoms with E-state index in [1.807, 2.05) is 0 Å². The van der Waals surface area contributed by atoms with Gasteiger partial charge in [-0.15, -0.1) is 0 Å². The number of nitrogens with zero attached hydrogens (tertiary/aromatic N) is 1. The molecule has 1 aromatic heterocycles. The van der Waals surface area contributed by atoms with Crippen LogP contribution in [0.1, 0.15) is 83.2 Å². The van der Waals surface area contributed by atoms with Gasteiger partial charge in [0.1, 0.15) is 0 Å². The summed E-state index contributed by atoms with van der Waals surface area (Å²) in [5.41, 5.74) is 7.42. The molecule has 0 aromatic carbocycles. The molecule has 2 nitrogen and oxygen atoms in total. The maximum absolute atomic E-state index is 6.13.